The number of nitrogens with zero attached hydrogens (tertiary/aromatic N) is 1. The lowest BCUT2D eigenvalue weighted by Gasteiger charge is -2.21. The van der Waals surface area contributed by atoms with E-state index in [1.54, 1.807) is 0 Å². The lowest BCUT2D eigenvalue weighted by Crippen LogP contribution is -2.20. The zero-order chi connectivity index (χ0) is 13.8. The fourth-order valence-electron chi connectivity index (χ4n) is 2.91. The highest BCUT2D eigenvalue weighted by Crippen LogP contribution is 2.32. The Kier molecular flexibility index (Phi) is 4.70. The maximum absolute atomic E-state index is 10.2. The van der Waals surface area contributed by atoms with Gasteiger partial charge in [-0.15, -0.1) is 0 Å². The van der Waals surface area contributed by atoms with Crippen molar-refractivity contribution >= 4 is 5.69 Å². The standard InChI is InChI=1S/C16H26N2O/c1-4-13-8-9-18(11-13)14-6-7-15(16(19)10-14)12(3)17-5-2/h6-7,10,12-13,17,19H,4-5,8-9,11H2,1-3H3. The molecule has 0 aliphatic carbocycles. The van der Waals surface area contributed by atoms with Crippen LogP contribution in [-0.4, -0.2) is 24.7 Å². The molecule has 2 rings (SSSR count). The quantitative estimate of drug-likeness (QED) is 0.854. The Labute approximate surface area is 116 Å². The van der Waals surface area contributed by atoms with Crippen LogP contribution in [0.25, 0.3) is 0 Å². The first-order valence-electron chi connectivity index (χ1n) is 7.46. The van der Waals surface area contributed by atoms with Gasteiger partial charge < -0.3 is 15.3 Å². The Bertz CT molecular complexity index is 419. The van der Waals surface area contributed by atoms with E-state index in [4.69, 9.17) is 0 Å². The van der Waals surface area contributed by atoms with E-state index >= 15 is 0 Å². The molecule has 0 saturated carbocycles. The third kappa shape index (κ3) is 3.21. The summed E-state index contributed by atoms with van der Waals surface area (Å²) in [5.41, 5.74) is 2.14. The van der Waals surface area contributed by atoms with Crippen molar-refractivity contribution in [3.05, 3.63) is 23.8 Å². The van der Waals surface area contributed by atoms with Crippen LogP contribution in [0.1, 0.15) is 45.2 Å². The van der Waals surface area contributed by atoms with Gasteiger partial charge in [-0.25, -0.2) is 0 Å². The first-order valence-corrected chi connectivity index (χ1v) is 7.46. The van der Waals surface area contributed by atoms with Crippen LogP contribution in [0.3, 0.4) is 0 Å². The largest absolute Gasteiger partial charge is 0.508 e. The van der Waals surface area contributed by atoms with Crippen LogP contribution in [0.5, 0.6) is 5.75 Å². The summed E-state index contributed by atoms with van der Waals surface area (Å²) in [6.45, 7) is 9.57. The molecule has 1 fully saturated rings. The third-order valence-corrected chi connectivity index (χ3v) is 4.22. The molecule has 2 N–H and O–H groups in total. The van der Waals surface area contributed by atoms with Gasteiger partial charge in [0.1, 0.15) is 5.75 Å². The van der Waals surface area contributed by atoms with Gasteiger partial charge in [-0.2, -0.15) is 0 Å². The Morgan fingerprint density at radius 3 is 2.79 bits per heavy atom. The maximum atomic E-state index is 10.2. The fraction of sp³-hybridized carbons (Fsp3) is 0.625. The number of benzene rings is 1. The van der Waals surface area contributed by atoms with Crippen LogP contribution in [0.15, 0.2) is 18.2 Å². The van der Waals surface area contributed by atoms with Gasteiger partial charge in [0.2, 0.25) is 0 Å². The summed E-state index contributed by atoms with van der Waals surface area (Å²) in [4.78, 5) is 2.38. The molecular weight excluding hydrogens is 236 g/mol. The average molecular weight is 262 g/mol. The van der Waals surface area contributed by atoms with Gasteiger partial charge in [0.15, 0.2) is 0 Å². The average Bonchev–Trinajstić information content (AvgIpc) is 2.87. The Morgan fingerprint density at radius 1 is 1.42 bits per heavy atom. The van der Waals surface area contributed by atoms with E-state index in [2.05, 4.69) is 43.1 Å². The van der Waals surface area contributed by atoms with Crippen molar-refractivity contribution in [2.75, 3.05) is 24.5 Å². The summed E-state index contributed by atoms with van der Waals surface area (Å²) in [6.07, 6.45) is 2.52. The summed E-state index contributed by atoms with van der Waals surface area (Å²) in [5, 5.41) is 13.5. The molecule has 1 aromatic rings. The molecule has 3 heteroatoms. The van der Waals surface area contributed by atoms with Gasteiger partial charge in [-0.05, 0) is 31.9 Å². The molecule has 19 heavy (non-hydrogen) atoms. The van der Waals surface area contributed by atoms with Crippen molar-refractivity contribution in [2.24, 2.45) is 5.92 Å². The molecule has 2 unspecified atom stereocenters. The zero-order valence-electron chi connectivity index (χ0n) is 12.3. The molecule has 0 bridgehead atoms. The molecule has 0 spiro atoms. The van der Waals surface area contributed by atoms with Gasteiger partial charge in [0.05, 0.1) is 0 Å². The number of rotatable bonds is 5. The molecule has 1 aromatic carbocycles. The van der Waals surface area contributed by atoms with Crippen molar-refractivity contribution in [3.8, 4) is 5.75 Å². The maximum Gasteiger partial charge on any atom is 0.122 e. The first kappa shape index (κ1) is 14.2. The van der Waals surface area contributed by atoms with Gasteiger partial charge >= 0.3 is 0 Å². The lowest BCUT2D eigenvalue weighted by molar-refractivity contribution is 0.454. The number of hydrogen-bond donors (Lipinski definition) is 2. The third-order valence-electron chi connectivity index (χ3n) is 4.22. The predicted molar refractivity (Wildman–Crippen MR) is 80.8 cm³/mol. The molecule has 0 radical (unpaired) electrons. The van der Waals surface area contributed by atoms with E-state index in [0.717, 1.165) is 36.8 Å². The van der Waals surface area contributed by atoms with Gasteiger partial charge in [-0.3, -0.25) is 0 Å². The number of anilines is 1. The van der Waals surface area contributed by atoms with E-state index in [0.29, 0.717) is 5.75 Å². The van der Waals surface area contributed by atoms with Gasteiger partial charge in [0.25, 0.3) is 0 Å². The summed E-state index contributed by atoms with van der Waals surface area (Å²) in [7, 11) is 0. The van der Waals surface area contributed by atoms with E-state index in [-0.39, 0.29) is 6.04 Å². The number of phenols is 1. The van der Waals surface area contributed by atoms with Crippen molar-refractivity contribution in [2.45, 2.75) is 39.7 Å². The summed E-state index contributed by atoms with van der Waals surface area (Å²) >= 11 is 0. The first-order chi connectivity index (χ1) is 9.15. The monoisotopic (exact) mass is 262 g/mol. The summed E-state index contributed by atoms with van der Waals surface area (Å²) < 4.78 is 0. The molecule has 0 aromatic heterocycles. The highest BCUT2D eigenvalue weighted by molar-refractivity contribution is 5.54. The normalized spacial score (nSPS) is 20.8. The van der Waals surface area contributed by atoms with Crippen LogP contribution in [0.4, 0.5) is 5.69 Å². The van der Waals surface area contributed by atoms with Crippen molar-refractivity contribution in [3.63, 3.8) is 0 Å². The second-order valence-corrected chi connectivity index (χ2v) is 5.53. The van der Waals surface area contributed by atoms with Crippen molar-refractivity contribution in [1.82, 2.24) is 5.32 Å². The van der Waals surface area contributed by atoms with E-state index in [9.17, 15) is 5.11 Å². The number of hydrogen-bond acceptors (Lipinski definition) is 3. The van der Waals surface area contributed by atoms with Crippen molar-refractivity contribution in [1.29, 1.82) is 0 Å². The van der Waals surface area contributed by atoms with Gasteiger partial charge in [0, 0.05) is 36.4 Å². The molecule has 1 aliphatic rings. The van der Waals surface area contributed by atoms with E-state index < -0.39 is 0 Å². The van der Waals surface area contributed by atoms with Crippen LogP contribution in [0, 0.1) is 5.92 Å². The SMILES string of the molecule is CCNC(C)c1ccc(N2CCC(CC)C2)cc1O. The molecule has 2 atom stereocenters. The molecule has 3 nitrogen and oxygen atoms in total. The molecule has 1 aliphatic heterocycles. The lowest BCUT2D eigenvalue weighted by atomic mass is 10.1. The number of nitrogens with one attached hydrogen (secondary N) is 1. The van der Waals surface area contributed by atoms with Crippen molar-refractivity contribution < 1.29 is 5.11 Å². The molecular formula is C16H26N2O. The molecule has 0 amide bonds. The van der Waals surface area contributed by atoms with Crippen LogP contribution >= 0.6 is 0 Å². The molecule has 1 heterocycles. The minimum absolute atomic E-state index is 0.195. The second kappa shape index (κ2) is 6.29. The van der Waals surface area contributed by atoms with E-state index in [1.165, 1.54) is 12.8 Å². The number of aromatic hydroxyl groups is 1. The Morgan fingerprint density at radius 2 is 2.21 bits per heavy atom. The van der Waals surface area contributed by atoms with Crippen LogP contribution in [0.2, 0.25) is 0 Å². The van der Waals surface area contributed by atoms with Crippen LogP contribution < -0.4 is 10.2 Å². The molecule has 106 valence electrons. The highest BCUT2D eigenvalue weighted by Gasteiger charge is 2.22. The minimum Gasteiger partial charge on any atom is -0.508 e. The number of phenolic OH excluding ortho intramolecular Hbond substituents is 1. The summed E-state index contributed by atoms with van der Waals surface area (Å²) in [6, 6.07) is 6.31. The Balaban J connectivity index is 2.11. The van der Waals surface area contributed by atoms with Gasteiger partial charge in [-0.1, -0.05) is 26.3 Å². The second-order valence-electron chi connectivity index (χ2n) is 5.53. The Hall–Kier alpha value is -1.22. The summed E-state index contributed by atoms with van der Waals surface area (Å²) in [5.74, 6) is 1.22. The minimum atomic E-state index is 0.195. The zero-order valence-corrected chi connectivity index (χ0v) is 12.3. The van der Waals surface area contributed by atoms with E-state index in [1.807, 2.05) is 6.07 Å². The predicted octanol–water partition coefficient (Wildman–Crippen LogP) is 3.30. The fourth-order valence-corrected chi connectivity index (χ4v) is 2.91. The highest BCUT2D eigenvalue weighted by atomic mass is 16.3. The van der Waals surface area contributed by atoms with Crippen LogP contribution in [-0.2, 0) is 0 Å². The smallest absolute Gasteiger partial charge is 0.122 e. The topological polar surface area (TPSA) is 35.5 Å². The molecule has 1 saturated heterocycles.